The van der Waals surface area contributed by atoms with Crippen molar-refractivity contribution in [2.45, 2.75) is 0 Å². The van der Waals surface area contributed by atoms with Gasteiger partial charge >= 0.3 is 5.69 Å². The molecule has 0 saturated carbocycles. The summed E-state index contributed by atoms with van der Waals surface area (Å²) in [6.45, 7) is 1.12. The Morgan fingerprint density at radius 1 is 0.913 bits per heavy atom. The van der Waals surface area contributed by atoms with Gasteiger partial charge in [-0.3, -0.25) is 10.1 Å². The summed E-state index contributed by atoms with van der Waals surface area (Å²) in [6, 6.07) is 4.20. The van der Waals surface area contributed by atoms with Crippen LogP contribution >= 0.6 is 0 Å². The van der Waals surface area contributed by atoms with Gasteiger partial charge in [0.25, 0.3) is 0 Å². The minimum absolute atomic E-state index is 0.0616. The van der Waals surface area contributed by atoms with E-state index in [9.17, 15) is 10.1 Å². The molecular weight excluding hydrogens is 310 g/mol. The van der Waals surface area contributed by atoms with Crippen molar-refractivity contribution in [1.29, 1.82) is 0 Å². The number of nitro benzene ring substituents is 1. The lowest BCUT2D eigenvalue weighted by Crippen LogP contribution is -2.11. The highest BCUT2D eigenvalue weighted by atomic mass is 16.6. The standard InChI is InChI=1S/C14H21NO8/c16-3-5-20-7-9-22-12-1-2-13(15(18)19)14(11-12)23-10-8-21-6-4-17/h1-2,11,16-17H,3-10H2. The highest BCUT2D eigenvalue weighted by molar-refractivity contribution is 5.50. The highest BCUT2D eigenvalue weighted by Crippen LogP contribution is 2.31. The second-order valence-corrected chi connectivity index (χ2v) is 4.26. The molecule has 0 bridgehead atoms. The quantitative estimate of drug-likeness (QED) is 0.302. The Kier molecular flexibility index (Phi) is 9.64. The van der Waals surface area contributed by atoms with Crippen LogP contribution in [0.1, 0.15) is 0 Å². The summed E-state index contributed by atoms with van der Waals surface area (Å²) < 4.78 is 20.8. The van der Waals surface area contributed by atoms with Crippen LogP contribution in [0.2, 0.25) is 0 Å². The molecule has 9 heteroatoms. The Labute approximate surface area is 133 Å². The fraction of sp³-hybridized carbons (Fsp3) is 0.571. The molecular formula is C14H21NO8. The molecule has 0 amide bonds. The third-order valence-electron chi connectivity index (χ3n) is 2.58. The molecule has 0 saturated heterocycles. The second kappa shape index (κ2) is 11.6. The van der Waals surface area contributed by atoms with E-state index in [4.69, 9.17) is 29.2 Å². The van der Waals surface area contributed by atoms with E-state index in [2.05, 4.69) is 0 Å². The van der Waals surface area contributed by atoms with Crippen molar-refractivity contribution >= 4 is 5.69 Å². The Balaban J connectivity index is 2.54. The highest BCUT2D eigenvalue weighted by Gasteiger charge is 2.16. The van der Waals surface area contributed by atoms with E-state index in [1.54, 1.807) is 0 Å². The van der Waals surface area contributed by atoms with E-state index in [0.29, 0.717) is 12.4 Å². The van der Waals surface area contributed by atoms with Crippen molar-refractivity contribution in [3.63, 3.8) is 0 Å². The number of hydrogen-bond acceptors (Lipinski definition) is 8. The Bertz CT molecular complexity index is 468. The summed E-state index contributed by atoms with van der Waals surface area (Å²) in [5.74, 6) is 0.492. The summed E-state index contributed by atoms with van der Waals surface area (Å²) in [6.07, 6.45) is 0. The number of hydrogen-bond donors (Lipinski definition) is 2. The summed E-state index contributed by atoms with van der Waals surface area (Å²) >= 11 is 0. The molecule has 2 N–H and O–H groups in total. The summed E-state index contributed by atoms with van der Waals surface area (Å²) in [5.41, 5.74) is -0.170. The number of nitro groups is 1. The minimum atomic E-state index is -0.544. The normalized spacial score (nSPS) is 10.5. The van der Waals surface area contributed by atoms with Crippen molar-refractivity contribution in [3.05, 3.63) is 28.3 Å². The molecule has 0 aliphatic rings. The molecule has 0 heterocycles. The maximum absolute atomic E-state index is 11.0. The topological polar surface area (TPSA) is 121 Å². The zero-order valence-electron chi connectivity index (χ0n) is 12.7. The van der Waals surface area contributed by atoms with Gasteiger partial charge in [-0.05, 0) is 6.07 Å². The predicted molar refractivity (Wildman–Crippen MR) is 79.9 cm³/mol. The largest absolute Gasteiger partial charge is 0.491 e. The van der Waals surface area contributed by atoms with E-state index in [1.165, 1.54) is 18.2 Å². The molecule has 9 nitrogen and oxygen atoms in total. The molecule has 0 spiro atoms. The number of rotatable bonds is 13. The first-order chi connectivity index (χ1) is 11.2. The lowest BCUT2D eigenvalue weighted by Gasteiger charge is -2.10. The SMILES string of the molecule is O=[N+]([O-])c1ccc(OCCOCCO)cc1OCCOCCO. The zero-order valence-corrected chi connectivity index (χ0v) is 12.7. The van der Waals surface area contributed by atoms with Crippen LogP contribution in [0.5, 0.6) is 11.5 Å². The maximum atomic E-state index is 11.0. The molecule has 0 unspecified atom stereocenters. The lowest BCUT2D eigenvalue weighted by molar-refractivity contribution is -0.385. The van der Waals surface area contributed by atoms with Gasteiger partial charge in [-0.25, -0.2) is 0 Å². The third-order valence-corrected chi connectivity index (χ3v) is 2.58. The zero-order chi connectivity index (χ0) is 16.9. The number of benzene rings is 1. The number of nitrogens with zero attached hydrogens (tertiary/aromatic N) is 1. The average Bonchev–Trinajstić information content (AvgIpc) is 2.54. The molecule has 0 fully saturated rings. The van der Waals surface area contributed by atoms with Gasteiger partial charge in [0.15, 0.2) is 0 Å². The van der Waals surface area contributed by atoms with Gasteiger partial charge in [0, 0.05) is 12.1 Å². The van der Waals surface area contributed by atoms with E-state index in [1.807, 2.05) is 0 Å². The number of aliphatic hydroxyl groups excluding tert-OH is 2. The van der Waals surface area contributed by atoms with Crippen LogP contribution in [0, 0.1) is 10.1 Å². The van der Waals surface area contributed by atoms with Gasteiger partial charge < -0.3 is 29.2 Å². The Hall–Kier alpha value is -1.94. The molecule has 0 atom stereocenters. The predicted octanol–water partition coefficient (Wildman–Crippen LogP) is 0.370. The Morgan fingerprint density at radius 3 is 2.09 bits per heavy atom. The first kappa shape index (κ1) is 19.1. The summed E-state index contributed by atoms with van der Waals surface area (Å²) in [7, 11) is 0. The monoisotopic (exact) mass is 331 g/mol. The van der Waals surface area contributed by atoms with Gasteiger partial charge in [-0.1, -0.05) is 0 Å². The van der Waals surface area contributed by atoms with Crippen LogP contribution in [0.25, 0.3) is 0 Å². The van der Waals surface area contributed by atoms with Crippen molar-refractivity contribution in [3.8, 4) is 11.5 Å². The first-order valence-corrected chi connectivity index (χ1v) is 7.10. The summed E-state index contributed by atoms with van der Waals surface area (Å²) in [4.78, 5) is 10.4. The first-order valence-electron chi connectivity index (χ1n) is 7.10. The van der Waals surface area contributed by atoms with Crippen molar-refractivity contribution in [2.24, 2.45) is 0 Å². The number of ether oxygens (including phenoxy) is 4. The van der Waals surface area contributed by atoms with Crippen LogP contribution in [0.15, 0.2) is 18.2 Å². The minimum Gasteiger partial charge on any atom is -0.491 e. The van der Waals surface area contributed by atoms with Crippen molar-refractivity contribution in [1.82, 2.24) is 0 Å². The Morgan fingerprint density at radius 2 is 1.52 bits per heavy atom. The second-order valence-electron chi connectivity index (χ2n) is 4.26. The molecule has 0 aliphatic heterocycles. The molecule has 0 aliphatic carbocycles. The fourth-order valence-electron chi connectivity index (χ4n) is 1.61. The molecule has 0 aromatic heterocycles. The molecule has 1 rings (SSSR count). The smallest absolute Gasteiger partial charge is 0.311 e. The summed E-state index contributed by atoms with van der Waals surface area (Å²) in [5, 5.41) is 28.1. The molecule has 1 aromatic carbocycles. The van der Waals surface area contributed by atoms with Gasteiger partial charge in [-0.15, -0.1) is 0 Å². The molecule has 1 aromatic rings. The van der Waals surface area contributed by atoms with Gasteiger partial charge in [0.2, 0.25) is 5.75 Å². The van der Waals surface area contributed by atoms with Gasteiger partial charge in [0.1, 0.15) is 19.0 Å². The van der Waals surface area contributed by atoms with E-state index in [0.717, 1.165) is 0 Å². The van der Waals surface area contributed by atoms with Crippen LogP contribution in [-0.2, 0) is 9.47 Å². The lowest BCUT2D eigenvalue weighted by atomic mass is 10.3. The van der Waals surface area contributed by atoms with E-state index >= 15 is 0 Å². The molecule has 23 heavy (non-hydrogen) atoms. The number of aliphatic hydroxyl groups is 2. The average molecular weight is 331 g/mol. The van der Waals surface area contributed by atoms with Crippen LogP contribution in [0.4, 0.5) is 5.69 Å². The van der Waals surface area contributed by atoms with Crippen LogP contribution in [0.3, 0.4) is 0 Å². The van der Waals surface area contributed by atoms with E-state index in [-0.39, 0.29) is 57.7 Å². The van der Waals surface area contributed by atoms with Crippen LogP contribution < -0.4 is 9.47 Å². The third kappa shape index (κ3) is 7.75. The molecule has 130 valence electrons. The van der Waals surface area contributed by atoms with Crippen molar-refractivity contribution < 1.29 is 34.1 Å². The van der Waals surface area contributed by atoms with E-state index < -0.39 is 4.92 Å². The van der Waals surface area contributed by atoms with Gasteiger partial charge in [-0.2, -0.15) is 0 Å². The van der Waals surface area contributed by atoms with Gasteiger partial charge in [0.05, 0.1) is 44.6 Å². The molecule has 0 radical (unpaired) electrons. The fourth-order valence-corrected chi connectivity index (χ4v) is 1.61. The van der Waals surface area contributed by atoms with Crippen LogP contribution in [-0.4, -0.2) is 68.0 Å². The van der Waals surface area contributed by atoms with Crippen molar-refractivity contribution in [2.75, 3.05) is 52.9 Å². The maximum Gasteiger partial charge on any atom is 0.311 e.